The Balaban J connectivity index is 0.000000248. The first kappa shape index (κ1) is 22.9. The topological polar surface area (TPSA) is 124 Å². The molecule has 1 aromatic heterocycles. The number of hydrogen-bond acceptors (Lipinski definition) is 5. The number of nitrogens with one attached hydrogen (secondary N) is 4. The lowest BCUT2D eigenvalue weighted by Gasteiger charge is -2.31. The van der Waals surface area contributed by atoms with Crippen molar-refractivity contribution in [1.82, 2.24) is 10.3 Å². The van der Waals surface area contributed by atoms with Crippen LogP contribution >= 0.6 is 0 Å². The Bertz CT molecular complexity index is 975. The monoisotopic (exact) mass is 409 g/mol. The maximum absolute atomic E-state index is 10.7. The number of aromatic nitrogens is 1. The number of allylic oxidation sites excluding steroid dienone is 2. The molecular weight excluding hydrogens is 378 g/mol. The molecule has 160 valence electrons. The molecule has 0 saturated carbocycles. The van der Waals surface area contributed by atoms with E-state index in [0.717, 1.165) is 47.3 Å². The summed E-state index contributed by atoms with van der Waals surface area (Å²) >= 11 is 0. The van der Waals surface area contributed by atoms with E-state index < -0.39 is 0 Å². The van der Waals surface area contributed by atoms with Crippen molar-refractivity contribution < 1.29 is 4.79 Å². The Labute approximate surface area is 177 Å². The van der Waals surface area contributed by atoms with Gasteiger partial charge >= 0.3 is 0 Å². The predicted molar refractivity (Wildman–Crippen MR) is 122 cm³/mol. The van der Waals surface area contributed by atoms with Crippen LogP contribution in [0.1, 0.15) is 44.2 Å². The van der Waals surface area contributed by atoms with Gasteiger partial charge in [-0.15, -0.1) is 0 Å². The van der Waals surface area contributed by atoms with Gasteiger partial charge in [0.2, 0.25) is 12.0 Å². The Morgan fingerprint density at radius 1 is 1.30 bits per heavy atom. The number of aromatic amines is 1. The molecule has 6 N–H and O–H groups in total. The van der Waals surface area contributed by atoms with E-state index in [1.807, 2.05) is 31.3 Å². The molecule has 1 aliphatic carbocycles. The molecule has 1 heterocycles. The maximum atomic E-state index is 10.7. The van der Waals surface area contributed by atoms with Crippen LogP contribution in [0.5, 0.6) is 0 Å². The molecule has 0 unspecified atom stereocenters. The summed E-state index contributed by atoms with van der Waals surface area (Å²) < 4.78 is 0. The number of nitrogens with two attached hydrogens (primary N) is 1. The summed E-state index contributed by atoms with van der Waals surface area (Å²) in [5, 5.41) is 14.0. The molecule has 3 rings (SSSR count). The highest BCUT2D eigenvalue weighted by Gasteiger charge is 2.27. The molecule has 0 atom stereocenters. The highest BCUT2D eigenvalue weighted by Crippen LogP contribution is 2.37. The van der Waals surface area contributed by atoms with Crippen molar-refractivity contribution in [2.24, 2.45) is 11.1 Å². The van der Waals surface area contributed by atoms with Gasteiger partial charge in [-0.3, -0.25) is 15.0 Å². The van der Waals surface area contributed by atoms with Crippen LogP contribution in [-0.2, 0) is 11.3 Å². The zero-order valence-electron chi connectivity index (χ0n) is 17.8. The molecule has 1 aliphatic rings. The van der Waals surface area contributed by atoms with Gasteiger partial charge in [0.25, 0.3) is 0 Å². The van der Waals surface area contributed by atoms with E-state index in [-0.39, 0.29) is 11.0 Å². The average Bonchev–Trinajstić information content (AvgIpc) is 2.72. The van der Waals surface area contributed by atoms with Crippen LogP contribution < -0.4 is 21.9 Å². The highest BCUT2D eigenvalue weighted by molar-refractivity contribution is 6.11. The van der Waals surface area contributed by atoms with Crippen LogP contribution in [0.15, 0.2) is 58.7 Å². The van der Waals surface area contributed by atoms with E-state index in [1.165, 1.54) is 6.07 Å². The fourth-order valence-electron chi connectivity index (χ4n) is 3.38. The molecule has 7 heteroatoms. The van der Waals surface area contributed by atoms with Gasteiger partial charge < -0.3 is 21.4 Å². The van der Waals surface area contributed by atoms with Crippen molar-refractivity contribution in [1.29, 1.82) is 5.41 Å². The predicted octanol–water partition coefficient (Wildman–Crippen LogP) is 3.14. The normalized spacial score (nSPS) is 14.9. The molecule has 0 bridgehead atoms. The summed E-state index contributed by atoms with van der Waals surface area (Å²) in [5.74, 6) is 0. The second-order valence-electron chi connectivity index (χ2n) is 8.11. The number of anilines is 1. The van der Waals surface area contributed by atoms with Gasteiger partial charge in [0.1, 0.15) is 0 Å². The third-order valence-corrected chi connectivity index (χ3v) is 5.08. The number of H-pyrrole nitrogens is 1. The van der Waals surface area contributed by atoms with Crippen LogP contribution in [-0.4, -0.2) is 24.2 Å². The second-order valence-corrected chi connectivity index (χ2v) is 8.11. The van der Waals surface area contributed by atoms with E-state index in [2.05, 4.69) is 29.5 Å². The molecule has 1 amide bonds. The molecule has 30 heavy (non-hydrogen) atoms. The van der Waals surface area contributed by atoms with Crippen molar-refractivity contribution in [2.75, 3.05) is 12.4 Å². The summed E-state index contributed by atoms with van der Waals surface area (Å²) in [6, 6.07) is 11.1. The molecule has 0 saturated heterocycles. The van der Waals surface area contributed by atoms with Gasteiger partial charge in [0.05, 0.1) is 5.71 Å². The first-order valence-electron chi connectivity index (χ1n) is 9.95. The van der Waals surface area contributed by atoms with Crippen molar-refractivity contribution >= 4 is 17.8 Å². The van der Waals surface area contributed by atoms with Crippen molar-refractivity contribution in [2.45, 2.75) is 39.7 Å². The quantitative estimate of drug-likeness (QED) is 0.371. The lowest BCUT2D eigenvalue weighted by molar-refractivity contribution is -0.109. The van der Waals surface area contributed by atoms with E-state index >= 15 is 0 Å². The average molecular weight is 410 g/mol. The Kier molecular flexibility index (Phi) is 7.98. The number of hydrogen-bond donors (Lipinski definition) is 5. The summed E-state index contributed by atoms with van der Waals surface area (Å²) in [7, 11) is 1.89. The minimum atomic E-state index is -0.157. The largest absolute Gasteiger partial charge is 0.402 e. The van der Waals surface area contributed by atoms with Crippen molar-refractivity contribution in [3.63, 3.8) is 0 Å². The number of rotatable bonds is 6. The molecule has 0 fully saturated rings. The molecule has 2 aromatic rings. The molecule has 0 aliphatic heterocycles. The third-order valence-electron chi connectivity index (χ3n) is 5.08. The third kappa shape index (κ3) is 6.62. The molecule has 0 spiro atoms. The number of carbonyl (C=O) groups is 1. The van der Waals surface area contributed by atoms with Crippen LogP contribution in [0.3, 0.4) is 0 Å². The zero-order chi connectivity index (χ0) is 22.1. The smallest absolute Gasteiger partial charge is 0.248 e. The molecule has 1 aromatic carbocycles. The van der Waals surface area contributed by atoms with E-state index in [0.29, 0.717) is 18.7 Å². The van der Waals surface area contributed by atoms with Gasteiger partial charge in [-0.2, -0.15) is 0 Å². The molecular formula is C23H31N5O2. The number of pyridine rings is 1. The Hall–Kier alpha value is -3.35. The van der Waals surface area contributed by atoms with Crippen molar-refractivity contribution in [3.05, 3.63) is 75.3 Å². The lowest BCUT2D eigenvalue weighted by atomic mass is 9.75. The van der Waals surface area contributed by atoms with Crippen LogP contribution in [0.2, 0.25) is 0 Å². The minimum absolute atomic E-state index is 0.157. The Morgan fingerprint density at radius 3 is 2.70 bits per heavy atom. The van der Waals surface area contributed by atoms with Gasteiger partial charge in [0, 0.05) is 42.8 Å². The summed E-state index contributed by atoms with van der Waals surface area (Å²) in [6.07, 6.45) is 5.03. The van der Waals surface area contributed by atoms with Crippen LogP contribution in [0.4, 0.5) is 5.69 Å². The maximum Gasteiger partial charge on any atom is 0.248 e. The molecule has 0 radical (unpaired) electrons. The highest BCUT2D eigenvalue weighted by atomic mass is 16.1. The summed E-state index contributed by atoms with van der Waals surface area (Å²) in [4.78, 5) is 23.0. The Morgan fingerprint density at radius 2 is 2.07 bits per heavy atom. The summed E-state index contributed by atoms with van der Waals surface area (Å²) in [6.45, 7) is 4.87. The van der Waals surface area contributed by atoms with Crippen LogP contribution in [0.25, 0.3) is 0 Å². The van der Waals surface area contributed by atoms with Crippen LogP contribution in [0, 0.1) is 10.8 Å². The van der Waals surface area contributed by atoms with Gasteiger partial charge in [-0.25, -0.2) is 0 Å². The van der Waals surface area contributed by atoms with E-state index in [1.54, 1.807) is 12.3 Å². The van der Waals surface area contributed by atoms with Gasteiger partial charge in [0.15, 0.2) is 0 Å². The van der Waals surface area contributed by atoms with E-state index in [4.69, 9.17) is 11.1 Å². The molecule has 7 nitrogen and oxygen atoms in total. The van der Waals surface area contributed by atoms with Gasteiger partial charge in [-0.1, -0.05) is 26.0 Å². The van der Waals surface area contributed by atoms with E-state index in [9.17, 15) is 9.59 Å². The van der Waals surface area contributed by atoms with Gasteiger partial charge in [-0.05, 0) is 54.0 Å². The SMILES string of the molecule is CNc1cccc(C(=N)C2=C(N)CC(C)(C)CC2)c1.O=CNCc1cc[nH]c(=O)c1. The standard InChI is InChI=1S/C16H23N3.C7H8N2O2/c1-16(2)8-7-13(14(17)10-16)15(18)11-5-4-6-12(9-11)19-3;10-5-8-4-6-1-2-9-7(11)3-6/h4-6,9,18-19H,7-8,10,17H2,1-3H3;1-3,5H,4H2,(H,8,10)(H,9,11). The minimum Gasteiger partial charge on any atom is -0.402 e. The number of benzene rings is 1. The summed E-state index contributed by atoms with van der Waals surface area (Å²) in [5.41, 5.74) is 11.5. The first-order chi connectivity index (χ1) is 14.3. The number of carbonyl (C=O) groups excluding carboxylic acids is 1. The fraction of sp³-hybridized carbons (Fsp3) is 0.348. The first-order valence-corrected chi connectivity index (χ1v) is 9.95. The lowest BCUT2D eigenvalue weighted by Crippen LogP contribution is -2.25. The zero-order valence-corrected chi connectivity index (χ0v) is 17.8. The second kappa shape index (κ2) is 10.4. The fourth-order valence-corrected chi connectivity index (χ4v) is 3.38. The number of amides is 1. The van der Waals surface area contributed by atoms with Crippen molar-refractivity contribution in [3.8, 4) is 0 Å².